The van der Waals surface area contributed by atoms with Crippen LogP contribution < -0.4 is 0 Å². The molecule has 0 aliphatic carbocycles. The highest BCUT2D eigenvalue weighted by Crippen LogP contribution is 2.21. The van der Waals surface area contributed by atoms with Crippen molar-refractivity contribution in [2.24, 2.45) is 0 Å². The largest absolute Gasteiger partial charge is 0.379 e. The van der Waals surface area contributed by atoms with Crippen LogP contribution in [0.4, 0.5) is 0 Å². The molecule has 8 nitrogen and oxygen atoms in total. The van der Waals surface area contributed by atoms with E-state index in [9.17, 15) is 16.8 Å². The first kappa shape index (κ1) is 20.1. The van der Waals surface area contributed by atoms with E-state index in [1.807, 2.05) is 0 Å². The molecule has 2 fully saturated rings. The quantitative estimate of drug-likeness (QED) is 0.556. The first-order chi connectivity index (χ1) is 11.2. The van der Waals surface area contributed by atoms with Gasteiger partial charge in [-0.2, -0.15) is 4.31 Å². The zero-order chi connectivity index (χ0) is 17.8. The normalized spacial score (nSPS) is 24.7. The Bertz CT molecular complexity index is 602. The topological polar surface area (TPSA) is 87.2 Å². The van der Waals surface area contributed by atoms with E-state index in [2.05, 4.69) is 4.90 Å². The van der Waals surface area contributed by atoms with Crippen LogP contribution in [0.2, 0.25) is 0 Å². The molecule has 0 aromatic carbocycles. The Kier molecular flexibility index (Phi) is 7.03. The van der Waals surface area contributed by atoms with Crippen molar-refractivity contribution in [3.05, 3.63) is 0 Å². The van der Waals surface area contributed by atoms with Crippen LogP contribution >= 0.6 is 0 Å². The smallest absolute Gasteiger partial charge is 0.213 e. The molecule has 10 heteroatoms. The number of ether oxygens (including phenoxy) is 1. The van der Waals surface area contributed by atoms with Crippen molar-refractivity contribution >= 4 is 20.0 Å². The highest BCUT2D eigenvalue weighted by atomic mass is 32.2. The Hall–Kier alpha value is -0.260. The van der Waals surface area contributed by atoms with Crippen molar-refractivity contribution in [2.45, 2.75) is 25.8 Å². The predicted octanol–water partition coefficient (Wildman–Crippen LogP) is -0.606. The Balaban J connectivity index is 1.92. The standard InChI is InChI=1S/C14H29N3O5S2/c1-3-24(20,21)16-8-5-14(13-16)17(23(2,18)19)7-4-6-15-9-11-22-12-10-15/h14H,3-13H2,1-2H3. The van der Waals surface area contributed by atoms with E-state index >= 15 is 0 Å². The molecule has 2 aliphatic heterocycles. The highest BCUT2D eigenvalue weighted by Gasteiger charge is 2.36. The van der Waals surface area contributed by atoms with Crippen LogP contribution in [0.3, 0.4) is 0 Å². The van der Waals surface area contributed by atoms with E-state index in [1.54, 1.807) is 6.92 Å². The summed E-state index contributed by atoms with van der Waals surface area (Å²) in [6.45, 7) is 6.75. The van der Waals surface area contributed by atoms with Gasteiger partial charge in [0.1, 0.15) is 0 Å². The lowest BCUT2D eigenvalue weighted by Crippen LogP contribution is -2.44. The Morgan fingerprint density at radius 1 is 1.12 bits per heavy atom. The summed E-state index contributed by atoms with van der Waals surface area (Å²) in [5.41, 5.74) is 0. The molecule has 0 saturated carbocycles. The predicted molar refractivity (Wildman–Crippen MR) is 92.9 cm³/mol. The summed E-state index contributed by atoms with van der Waals surface area (Å²) < 4.78 is 56.5. The molecule has 2 heterocycles. The molecular formula is C14H29N3O5S2. The van der Waals surface area contributed by atoms with Gasteiger partial charge in [-0.15, -0.1) is 0 Å². The lowest BCUT2D eigenvalue weighted by molar-refractivity contribution is 0.0366. The average Bonchev–Trinajstić information content (AvgIpc) is 3.01. The second-order valence-corrected chi connectivity index (χ2v) is 10.6. The molecule has 2 saturated heterocycles. The summed E-state index contributed by atoms with van der Waals surface area (Å²) in [5.74, 6) is 0.0512. The number of hydrogen-bond donors (Lipinski definition) is 0. The van der Waals surface area contributed by atoms with Gasteiger partial charge in [0.05, 0.1) is 25.2 Å². The molecule has 0 radical (unpaired) electrons. The van der Waals surface area contributed by atoms with E-state index in [0.29, 0.717) is 19.5 Å². The molecule has 1 unspecified atom stereocenters. The molecule has 0 aromatic rings. The first-order valence-electron chi connectivity index (χ1n) is 8.49. The van der Waals surface area contributed by atoms with Crippen LogP contribution in [0.25, 0.3) is 0 Å². The molecule has 0 bridgehead atoms. The van der Waals surface area contributed by atoms with Gasteiger partial charge >= 0.3 is 0 Å². The summed E-state index contributed by atoms with van der Waals surface area (Å²) in [7, 11) is -6.62. The third-order valence-corrected chi connectivity index (χ3v) is 7.85. The lowest BCUT2D eigenvalue weighted by atomic mass is 10.2. The minimum absolute atomic E-state index is 0.0512. The summed E-state index contributed by atoms with van der Waals surface area (Å²) in [6.07, 6.45) is 2.51. The molecule has 24 heavy (non-hydrogen) atoms. The first-order valence-corrected chi connectivity index (χ1v) is 11.9. The molecule has 2 aliphatic rings. The maximum absolute atomic E-state index is 12.2. The molecular weight excluding hydrogens is 354 g/mol. The van der Waals surface area contributed by atoms with Crippen LogP contribution in [0, 0.1) is 0 Å². The number of nitrogens with zero attached hydrogens (tertiary/aromatic N) is 3. The van der Waals surface area contributed by atoms with Crippen LogP contribution in [-0.4, -0.2) is 101 Å². The van der Waals surface area contributed by atoms with Crippen LogP contribution in [0.5, 0.6) is 0 Å². The van der Waals surface area contributed by atoms with Crippen LogP contribution in [-0.2, 0) is 24.8 Å². The fourth-order valence-electron chi connectivity index (χ4n) is 3.28. The zero-order valence-electron chi connectivity index (χ0n) is 14.6. The highest BCUT2D eigenvalue weighted by molar-refractivity contribution is 7.89. The Labute approximate surface area is 145 Å². The summed E-state index contributed by atoms with van der Waals surface area (Å²) in [5, 5.41) is 0. The van der Waals surface area contributed by atoms with Crippen molar-refractivity contribution in [3.63, 3.8) is 0 Å². The number of sulfonamides is 2. The molecule has 0 amide bonds. The third kappa shape index (κ3) is 5.37. The minimum atomic E-state index is -3.36. The van der Waals surface area contributed by atoms with E-state index in [-0.39, 0.29) is 18.3 Å². The SMILES string of the molecule is CCS(=O)(=O)N1CCC(N(CCCN2CCOCC2)S(C)(=O)=O)C1. The lowest BCUT2D eigenvalue weighted by Gasteiger charge is -2.29. The number of hydrogen-bond acceptors (Lipinski definition) is 6. The van der Waals surface area contributed by atoms with Gasteiger partial charge in [-0.05, 0) is 26.3 Å². The zero-order valence-corrected chi connectivity index (χ0v) is 16.2. The van der Waals surface area contributed by atoms with Gasteiger partial charge in [0.25, 0.3) is 0 Å². The van der Waals surface area contributed by atoms with Gasteiger partial charge in [-0.1, -0.05) is 0 Å². The summed E-state index contributed by atoms with van der Waals surface area (Å²) in [4.78, 5) is 2.27. The van der Waals surface area contributed by atoms with Gasteiger partial charge in [0, 0.05) is 38.8 Å². The van der Waals surface area contributed by atoms with Crippen molar-refractivity contribution in [3.8, 4) is 0 Å². The van der Waals surface area contributed by atoms with E-state index < -0.39 is 20.0 Å². The van der Waals surface area contributed by atoms with Crippen molar-refractivity contribution in [1.29, 1.82) is 0 Å². The van der Waals surface area contributed by atoms with Gasteiger partial charge in [-0.3, -0.25) is 4.90 Å². The third-order valence-electron chi connectivity index (χ3n) is 4.67. The van der Waals surface area contributed by atoms with E-state index in [1.165, 1.54) is 14.9 Å². The van der Waals surface area contributed by atoms with Crippen LogP contribution in [0.15, 0.2) is 0 Å². The molecule has 1 atom stereocenters. The van der Waals surface area contributed by atoms with Gasteiger partial charge < -0.3 is 4.74 Å². The molecule has 2 rings (SSSR count). The van der Waals surface area contributed by atoms with Crippen molar-refractivity contribution < 1.29 is 21.6 Å². The second-order valence-electron chi connectivity index (χ2n) is 6.38. The number of rotatable bonds is 8. The van der Waals surface area contributed by atoms with Crippen molar-refractivity contribution in [1.82, 2.24) is 13.5 Å². The Morgan fingerprint density at radius 3 is 2.38 bits per heavy atom. The Morgan fingerprint density at radius 2 is 1.79 bits per heavy atom. The van der Waals surface area contributed by atoms with E-state index in [4.69, 9.17) is 4.74 Å². The maximum atomic E-state index is 12.2. The monoisotopic (exact) mass is 383 g/mol. The van der Waals surface area contributed by atoms with Crippen molar-refractivity contribution in [2.75, 3.05) is 64.5 Å². The molecule has 0 spiro atoms. The number of morpholine rings is 1. The van der Waals surface area contributed by atoms with Gasteiger partial charge in [0.2, 0.25) is 20.0 Å². The summed E-state index contributed by atoms with van der Waals surface area (Å²) in [6, 6.07) is -0.258. The van der Waals surface area contributed by atoms with Gasteiger partial charge in [0.15, 0.2) is 0 Å². The molecule has 0 N–H and O–H groups in total. The molecule has 0 aromatic heterocycles. The fourth-order valence-corrected chi connectivity index (χ4v) is 5.60. The minimum Gasteiger partial charge on any atom is -0.379 e. The fraction of sp³-hybridized carbons (Fsp3) is 1.00. The average molecular weight is 384 g/mol. The maximum Gasteiger partial charge on any atom is 0.213 e. The van der Waals surface area contributed by atoms with Gasteiger partial charge in [-0.25, -0.2) is 21.1 Å². The summed E-state index contributed by atoms with van der Waals surface area (Å²) >= 11 is 0. The van der Waals surface area contributed by atoms with E-state index in [0.717, 1.165) is 39.3 Å². The second kappa shape index (κ2) is 8.41. The molecule has 142 valence electrons. The van der Waals surface area contributed by atoms with Crippen LogP contribution in [0.1, 0.15) is 19.8 Å².